The van der Waals surface area contributed by atoms with E-state index in [-0.39, 0.29) is 11.6 Å². The lowest BCUT2D eigenvalue weighted by atomic mass is 10.0. The van der Waals surface area contributed by atoms with Gasteiger partial charge in [-0.2, -0.15) is 0 Å². The fourth-order valence-electron chi connectivity index (χ4n) is 2.81. The fourth-order valence-corrected chi connectivity index (χ4v) is 3.29. The van der Waals surface area contributed by atoms with Gasteiger partial charge in [-0.15, -0.1) is 0 Å². The normalized spacial score (nSPS) is 11.8. The van der Waals surface area contributed by atoms with Gasteiger partial charge in [0, 0.05) is 11.3 Å². The zero-order valence-corrected chi connectivity index (χ0v) is 16.8. The number of halogens is 1. The summed E-state index contributed by atoms with van der Waals surface area (Å²) in [6.07, 6.45) is -0.785. The van der Waals surface area contributed by atoms with Gasteiger partial charge in [-0.1, -0.05) is 0 Å². The average Bonchev–Trinajstić information content (AvgIpc) is 2.89. The number of ether oxygens (including phenoxy) is 2. The Morgan fingerprint density at radius 1 is 1.19 bits per heavy atom. The van der Waals surface area contributed by atoms with Crippen molar-refractivity contribution in [1.82, 2.24) is 4.98 Å². The largest absolute Gasteiger partial charge is 0.481 e. The van der Waals surface area contributed by atoms with Gasteiger partial charge in [-0.25, -0.2) is 4.79 Å². The molecular formula is C19H20BrNO5. The summed E-state index contributed by atoms with van der Waals surface area (Å²) in [6, 6.07) is 4.71. The molecule has 1 heterocycles. The van der Waals surface area contributed by atoms with Gasteiger partial charge < -0.3 is 14.5 Å². The number of esters is 1. The second-order valence-corrected chi connectivity index (χ2v) is 6.80. The van der Waals surface area contributed by atoms with Crippen molar-refractivity contribution in [1.29, 1.82) is 0 Å². The Hall–Kier alpha value is -2.41. The van der Waals surface area contributed by atoms with Crippen LogP contribution in [0, 0.1) is 13.8 Å². The molecule has 0 aliphatic rings. The summed E-state index contributed by atoms with van der Waals surface area (Å²) < 4.78 is 10.9. The molecule has 0 spiro atoms. The van der Waals surface area contributed by atoms with E-state index in [0.717, 1.165) is 0 Å². The SMILES string of the molecule is COC(=O)c1ccc(OC(C)C(=O)c2[nH]c(C)c(C(C)=O)c2C)c(Br)c1. The van der Waals surface area contributed by atoms with Crippen LogP contribution in [-0.2, 0) is 4.74 Å². The lowest BCUT2D eigenvalue weighted by Gasteiger charge is -2.15. The first-order chi connectivity index (χ1) is 12.2. The van der Waals surface area contributed by atoms with Crippen LogP contribution < -0.4 is 4.74 Å². The molecule has 0 aliphatic heterocycles. The molecule has 1 atom stereocenters. The third kappa shape index (κ3) is 3.88. The minimum atomic E-state index is -0.785. The minimum Gasteiger partial charge on any atom is -0.481 e. The van der Waals surface area contributed by atoms with Gasteiger partial charge >= 0.3 is 5.97 Å². The highest BCUT2D eigenvalue weighted by molar-refractivity contribution is 9.10. The molecule has 0 bridgehead atoms. The van der Waals surface area contributed by atoms with Gasteiger partial charge in [0.2, 0.25) is 5.78 Å². The number of H-pyrrole nitrogens is 1. The molecule has 0 amide bonds. The van der Waals surface area contributed by atoms with Crippen LogP contribution in [0.4, 0.5) is 0 Å². The third-order valence-corrected chi connectivity index (χ3v) is 4.68. The van der Waals surface area contributed by atoms with Crippen LogP contribution in [0.3, 0.4) is 0 Å². The predicted octanol–water partition coefficient (Wildman–Crippen LogP) is 4.03. The Kier molecular flexibility index (Phi) is 6.02. The monoisotopic (exact) mass is 421 g/mol. The Morgan fingerprint density at radius 2 is 1.85 bits per heavy atom. The first kappa shape index (κ1) is 19.9. The highest BCUT2D eigenvalue weighted by Gasteiger charge is 2.25. The number of aromatic nitrogens is 1. The number of rotatable bonds is 6. The maximum atomic E-state index is 12.7. The van der Waals surface area contributed by atoms with Crippen LogP contribution in [0.2, 0.25) is 0 Å². The van der Waals surface area contributed by atoms with Crippen molar-refractivity contribution in [2.24, 2.45) is 0 Å². The zero-order chi connectivity index (χ0) is 19.6. The van der Waals surface area contributed by atoms with E-state index in [1.165, 1.54) is 14.0 Å². The molecule has 26 heavy (non-hydrogen) atoms. The van der Waals surface area contributed by atoms with E-state index in [1.807, 2.05) is 0 Å². The van der Waals surface area contributed by atoms with Crippen LogP contribution in [0.25, 0.3) is 0 Å². The van der Waals surface area contributed by atoms with Crippen molar-refractivity contribution in [3.05, 3.63) is 50.8 Å². The highest BCUT2D eigenvalue weighted by Crippen LogP contribution is 2.28. The molecule has 1 aromatic carbocycles. The number of aromatic amines is 1. The van der Waals surface area contributed by atoms with Gasteiger partial charge in [0.1, 0.15) is 5.75 Å². The molecule has 0 saturated heterocycles. The summed E-state index contributed by atoms with van der Waals surface area (Å²) in [6.45, 7) is 6.60. The maximum absolute atomic E-state index is 12.7. The number of aryl methyl sites for hydroxylation is 1. The molecule has 1 aromatic heterocycles. The zero-order valence-electron chi connectivity index (χ0n) is 15.2. The summed E-state index contributed by atoms with van der Waals surface area (Å²) >= 11 is 3.33. The molecule has 0 fully saturated rings. The Morgan fingerprint density at radius 3 is 2.35 bits per heavy atom. The Bertz CT molecular complexity index is 884. The molecule has 7 heteroatoms. The molecular weight excluding hydrogens is 402 g/mol. The van der Waals surface area contributed by atoms with Gasteiger partial charge in [-0.3, -0.25) is 9.59 Å². The predicted molar refractivity (Wildman–Crippen MR) is 100 cm³/mol. The van der Waals surface area contributed by atoms with Crippen molar-refractivity contribution in [2.75, 3.05) is 7.11 Å². The van der Waals surface area contributed by atoms with E-state index in [9.17, 15) is 14.4 Å². The van der Waals surface area contributed by atoms with Crippen molar-refractivity contribution >= 4 is 33.5 Å². The number of hydrogen-bond donors (Lipinski definition) is 1. The lowest BCUT2D eigenvalue weighted by molar-refractivity contribution is 0.0600. The Labute approximate surface area is 160 Å². The number of benzene rings is 1. The van der Waals surface area contributed by atoms with Crippen molar-refractivity contribution in [3.8, 4) is 5.75 Å². The molecule has 2 rings (SSSR count). The third-order valence-electron chi connectivity index (χ3n) is 4.06. The maximum Gasteiger partial charge on any atom is 0.337 e. The van der Waals surface area contributed by atoms with Gasteiger partial charge in [0.15, 0.2) is 11.9 Å². The molecule has 2 aromatic rings. The molecule has 0 saturated carbocycles. The van der Waals surface area contributed by atoms with Crippen molar-refractivity contribution < 1.29 is 23.9 Å². The number of hydrogen-bond acceptors (Lipinski definition) is 5. The first-order valence-electron chi connectivity index (χ1n) is 7.96. The smallest absolute Gasteiger partial charge is 0.337 e. The van der Waals surface area contributed by atoms with Crippen LogP contribution in [-0.4, -0.2) is 35.7 Å². The molecule has 138 valence electrons. The van der Waals surface area contributed by atoms with Gasteiger partial charge in [0.05, 0.1) is 22.8 Å². The van der Waals surface area contributed by atoms with Crippen molar-refractivity contribution in [2.45, 2.75) is 33.8 Å². The highest BCUT2D eigenvalue weighted by atomic mass is 79.9. The van der Waals surface area contributed by atoms with Crippen LogP contribution in [0.5, 0.6) is 5.75 Å². The van der Waals surface area contributed by atoms with Gasteiger partial charge in [0.25, 0.3) is 0 Å². The lowest BCUT2D eigenvalue weighted by Crippen LogP contribution is -2.25. The van der Waals surface area contributed by atoms with E-state index in [0.29, 0.717) is 38.3 Å². The number of carbonyl (C=O) groups excluding carboxylic acids is 3. The van der Waals surface area contributed by atoms with Crippen LogP contribution in [0.1, 0.15) is 56.3 Å². The van der Waals surface area contributed by atoms with E-state index < -0.39 is 12.1 Å². The quantitative estimate of drug-likeness (QED) is 0.561. The molecule has 0 radical (unpaired) electrons. The summed E-state index contributed by atoms with van der Waals surface area (Å²) in [5.74, 6) is -0.395. The Balaban J connectivity index is 2.24. The topological polar surface area (TPSA) is 85.5 Å². The number of nitrogens with one attached hydrogen (secondary N) is 1. The molecule has 0 aliphatic carbocycles. The second kappa shape index (κ2) is 7.86. The summed E-state index contributed by atoms with van der Waals surface area (Å²) in [5, 5.41) is 0. The summed E-state index contributed by atoms with van der Waals surface area (Å²) in [7, 11) is 1.30. The molecule has 1 N–H and O–H groups in total. The first-order valence-corrected chi connectivity index (χ1v) is 8.75. The summed E-state index contributed by atoms with van der Waals surface area (Å²) in [5.41, 5.74) is 2.55. The molecule has 6 nitrogen and oxygen atoms in total. The molecule has 1 unspecified atom stereocenters. The van der Waals surface area contributed by atoms with E-state index in [4.69, 9.17) is 4.74 Å². The number of ketones is 2. The summed E-state index contributed by atoms with van der Waals surface area (Å²) in [4.78, 5) is 39.0. The van der Waals surface area contributed by atoms with E-state index in [2.05, 4.69) is 25.7 Å². The number of Topliss-reactive ketones (excluding diaryl/α,β-unsaturated/α-hetero) is 2. The van der Waals surface area contributed by atoms with Crippen LogP contribution in [0.15, 0.2) is 22.7 Å². The van der Waals surface area contributed by atoms with E-state index in [1.54, 1.807) is 39.0 Å². The van der Waals surface area contributed by atoms with Gasteiger partial charge in [-0.05, 0) is 67.4 Å². The van der Waals surface area contributed by atoms with Crippen molar-refractivity contribution in [3.63, 3.8) is 0 Å². The number of carbonyl (C=O) groups is 3. The second-order valence-electron chi connectivity index (χ2n) is 5.94. The minimum absolute atomic E-state index is 0.0926. The fraction of sp³-hybridized carbons (Fsp3) is 0.316. The van der Waals surface area contributed by atoms with E-state index >= 15 is 0 Å². The number of methoxy groups -OCH3 is 1. The average molecular weight is 422 g/mol. The standard InChI is InChI=1S/C19H20BrNO5/c1-9-16(11(3)22)10(2)21-17(9)18(23)12(4)26-15-7-6-13(8-14(15)20)19(24)25-5/h6-8,12,21H,1-5H3. The van der Waals surface area contributed by atoms with Crippen LogP contribution >= 0.6 is 15.9 Å².